The van der Waals surface area contributed by atoms with Crippen molar-refractivity contribution in [1.29, 1.82) is 0 Å². The van der Waals surface area contributed by atoms with Crippen LogP contribution in [0.1, 0.15) is 30.0 Å². The van der Waals surface area contributed by atoms with Crippen LogP contribution < -0.4 is 10.1 Å². The van der Waals surface area contributed by atoms with Gasteiger partial charge < -0.3 is 10.1 Å². The average Bonchev–Trinajstić information content (AvgIpc) is 3.24. The van der Waals surface area contributed by atoms with Gasteiger partial charge in [0.2, 0.25) is 4.96 Å². The molecule has 8 heteroatoms. The van der Waals surface area contributed by atoms with Gasteiger partial charge in [-0.15, -0.1) is 10.2 Å². The highest BCUT2D eigenvalue weighted by Gasteiger charge is 2.11. The molecule has 0 unspecified atom stereocenters. The molecule has 0 atom stereocenters. The number of nitrogens with one attached hydrogen (secondary N) is 1. The molecule has 2 aromatic heterocycles. The summed E-state index contributed by atoms with van der Waals surface area (Å²) in [7, 11) is 0. The first-order valence-electron chi connectivity index (χ1n) is 8.87. The molecular formula is C20H19N5O2S. The van der Waals surface area contributed by atoms with Crippen molar-refractivity contribution < 1.29 is 9.53 Å². The molecule has 1 N–H and O–H groups in total. The lowest BCUT2D eigenvalue weighted by molar-refractivity contribution is 0.102. The summed E-state index contributed by atoms with van der Waals surface area (Å²) in [4.78, 5) is 13.3. The van der Waals surface area contributed by atoms with E-state index in [1.807, 2.05) is 57.2 Å². The summed E-state index contributed by atoms with van der Waals surface area (Å²) in [5, 5.41) is 16.4. The van der Waals surface area contributed by atoms with E-state index in [0.717, 1.165) is 21.4 Å². The van der Waals surface area contributed by atoms with Gasteiger partial charge in [0, 0.05) is 16.8 Å². The van der Waals surface area contributed by atoms with Gasteiger partial charge in [-0.2, -0.15) is 9.61 Å². The van der Waals surface area contributed by atoms with Gasteiger partial charge >= 0.3 is 0 Å². The third-order valence-electron chi connectivity index (χ3n) is 4.00. The fourth-order valence-corrected chi connectivity index (χ4v) is 3.60. The number of ether oxygens (including phenoxy) is 1. The molecule has 142 valence electrons. The molecule has 2 aromatic carbocycles. The van der Waals surface area contributed by atoms with Gasteiger partial charge in [0.05, 0.1) is 6.10 Å². The predicted molar refractivity (Wildman–Crippen MR) is 109 cm³/mol. The largest absolute Gasteiger partial charge is 0.491 e. The minimum absolute atomic E-state index is 0.0547. The van der Waals surface area contributed by atoms with Gasteiger partial charge in [-0.25, -0.2) is 0 Å². The van der Waals surface area contributed by atoms with Crippen molar-refractivity contribution in [2.75, 3.05) is 5.32 Å². The van der Waals surface area contributed by atoms with Gasteiger partial charge in [0.25, 0.3) is 5.91 Å². The van der Waals surface area contributed by atoms with Crippen molar-refractivity contribution in [3.8, 4) is 16.3 Å². The SMILES string of the molecule is Cc1nnc2sc(-c3ccc(NC(=O)c4cccc(OC(C)C)c4)cc3)nn12. The van der Waals surface area contributed by atoms with Crippen LogP contribution in [0.3, 0.4) is 0 Å². The van der Waals surface area contributed by atoms with Crippen LogP contribution in [0.25, 0.3) is 15.5 Å². The van der Waals surface area contributed by atoms with E-state index in [4.69, 9.17) is 4.74 Å². The Balaban J connectivity index is 1.49. The van der Waals surface area contributed by atoms with Crippen molar-refractivity contribution in [3.05, 3.63) is 59.9 Å². The normalized spacial score (nSPS) is 11.1. The van der Waals surface area contributed by atoms with Crippen LogP contribution >= 0.6 is 11.3 Å². The molecule has 7 nitrogen and oxygen atoms in total. The Hall–Kier alpha value is -3.26. The summed E-state index contributed by atoms with van der Waals surface area (Å²) in [6.07, 6.45) is 0.0547. The van der Waals surface area contributed by atoms with E-state index < -0.39 is 0 Å². The molecular weight excluding hydrogens is 374 g/mol. The number of aryl methyl sites for hydroxylation is 1. The molecule has 28 heavy (non-hydrogen) atoms. The Morgan fingerprint density at radius 1 is 1.14 bits per heavy atom. The first-order chi connectivity index (χ1) is 13.5. The van der Waals surface area contributed by atoms with Crippen molar-refractivity contribution in [3.63, 3.8) is 0 Å². The maximum Gasteiger partial charge on any atom is 0.255 e. The Labute approximate surface area is 166 Å². The smallest absolute Gasteiger partial charge is 0.255 e. The summed E-state index contributed by atoms with van der Waals surface area (Å²) in [6, 6.07) is 14.7. The minimum Gasteiger partial charge on any atom is -0.491 e. The molecule has 2 heterocycles. The van der Waals surface area contributed by atoms with Crippen molar-refractivity contribution in [2.45, 2.75) is 26.9 Å². The third kappa shape index (κ3) is 3.72. The number of carbonyl (C=O) groups is 1. The van der Waals surface area contributed by atoms with Crippen LogP contribution in [0.4, 0.5) is 5.69 Å². The van der Waals surface area contributed by atoms with E-state index in [0.29, 0.717) is 17.0 Å². The highest BCUT2D eigenvalue weighted by molar-refractivity contribution is 7.19. The summed E-state index contributed by atoms with van der Waals surface area (Å²) >= 11 is 1.47. The zero-order chi connectivity index (χ0) is 19.7. The van der Waals surface area contributed by atoms with Crippen LogP contribution in [-0.4, -0.2) is 31.8 Å². The zero-order valence-electron chi connectivity index (χ0n) is 15.7. The Kier molecular flexibility index (Phi) is 4.79. The van der Waals surface area contributed by atoms with E-state index in [-0.39, 0.29) is 12.0 Å². The Morgan fingerprint density at radius 2 is 1.93 bits per heavy atom. The highest BCUT2D eigenvalue weighted by atomic mass is 32.1. The summed E-state index contributed by atoms with van der Waals surface area (Å²) < 4.78 is 7.37. The molecule has 1 amide bonds. The number of amides is 1. The monoisotopic (exact) mass is 393 g/mol. The molecule has 4 aromatic rings. The number of rotatable bonds is 5. The molecule has 0 bridgehead atoms. The first-order valence-corrected chi connectivity index (χ1v) is 9.68. The van der Waals surface area contributed by atoms with Crippen LogP contribution in [0.5, 0.6) is 5.75 Å². The molecule has 0 radical (unpaired) electrons. The molecule has 0 fully saturated rings. The lowest BCUT2D eigenvalue weighted by atomic mass is 10.1. The molecule has 0 spiro atoms. The van der Waals surface area contributed by atoms with Crippen LogP contribution in [0.15, 0.2) is 48.5 Å². The zero-order valence-corrected chi connectivity index (χ0v) is 16.5. The molecule has 0 aliphatic rings. The standard InChI is InChI=1S/C20H19N5O2S/c1-12(2)27-17-6-4-5-15(11-17)18(26)21-16-9-7-14(8-10-16)19-24-25-13(3)22-23-20(25)28-19/h4-12H,1-3H3,(H,21,26). The summed E-state index contributed by atoms with van der Waals surface area (Å²) in [5.74, 6) is 1.25. The van der Waals surface area contributed by atoms with Gasteiger partial charge in [-0.1, -0.05) is 17.4 Å². The number of fused-ring (bicyclic) bond motifs is 1. The Bertz CT molecular complexity index is 1130. The quantitative estimate of drug-likeness (QED) is 0.549. The van der Waals surface area contributed by atoms with Gasteiger partial charge in [0.15, 0.2) is 5.82 Å². The second-order valence-electron chi connectivity index (χ2n) is 6.57. The van der Waals surface area contributed by atoms with Gasteiger partial charge in [0.1, 0.15) is 10.8 Å². The topological polar surface area (TPSA) is 81.4 Å². The number of aromatic nitrogens is 4. The number of nitrogens with zero attached hydrogens (tertiary/aromatic N) is 4. The van der Waals surface area contributed by atoms with Gasteiger partial charge in [-0.3, -0.25) is 4.79 Å². The second-order valence-corrected chi connectivity index (χ2v) is 7.53. The van der Waals surface area contributed by atoms with Crippen LogP contribution in [-0.2, 0) is 0 Å². The second kappa shape index (κ2) is 7.40. The summed E-state index contributed by atoms with van der Waals surface area (Å²) in [5.41, 5.74) is 2.22. The van der Waals surface area contributed by atoms with E-state index in [9.17, 15) is 4.79 Å². The van der Waals surface area contributed by atoms with Crippen LogP contribution in [0, 0.1) is 6.92 Å². The van der Waals surface area contributed by atoms with E-state index in [1.54, 1.807) is 16.6 Å². The fraction of sp³-hybridized carbons (Fsp3) is 0.200. The van der Waals surface area contributed by atoms with Crippen molar-refractivity contribution >= 4 is 27.9 Å². The average molecular weight is 393 g/mol. The summed E-state index contributed by atoms with van der Waals surface area (Å²) in [6.45, 7) is 5.77. The highest BCUT2D eigenvalue weighted by Crippen LogP contribution is 2.26. The van der Waals surface area contributed by atoms with E-state index >= 15 is 0 Å². The number of carbonyl (C=O) groups excluding carboxylic acids is 1. The predicted octanol–water partition coefficient (Wildman–Crippen LogP) is 4.20. The molecule has 0 aliphatic carbocycles. The van der Waals surface area contributed by atoms with Crippen LogP contribution in [0.2, 0.25) is 0 Å². The first kappa shape index (κ1) is 18.1. The van der Waals surface area contributed by atoms with E-state index in [2.05, 4.69) is 20.6 Å². The molecule has 0 saturated carbocycles. The number of anilines is 1. The fourth-order valence-electron chi connectivity index (χ4n) is 2.71. The number of benzene rings is 2. The Morgan fingerprint density at radius 3 is 2.64 bits per heavy atom. The van der Waals surface area contributed by atoms with Crippen molar-refractivity contribution in [1.82, 2.24) is 19.8 Å². The molecule has 0 saturated heterocycles. The number of hydrogen-bond donors (Lipinski definition) is 1. The third-order valence-corrected chi connectivity index (χ3v) is 4.95. The molecule has 4 rings (SSSR count). The van der Waals surface area contributed by atoms with Gasteiger partial charge in [-0.05, 0) is 63.2 Å². The van der Waals surface area contributed by atoms with Crippen molar-refractivity contribution in [2.24, 2.45) is 0 Å². The molecule has 0 aliphatic heterocycles. The van der Waals surface area contributed by atoms with E-state index in [1.165, 1.54) is 11.3 Å². The maximum absolute atomic E-state index is 12.5. The maximum atomic E-state index is 12.5. The lowest BCUT2D eigenvalue weighted by Gasteiger charge is -2.11. The lowest BCUT2D eigenvalue weighted by Crippen LogP contribution is -2.12. The number of hydrogen-bond acceptors (Lipinski definition) is 6. The minimum atomic E-state index is -0.184.